The number of aromatic nitrogens is 1. The topological polar surface area (TPSA) is 85.2 Å². The molecular weight excluding hydrogens is 316 g/mol. The molecule has 0 fully saturated rings. The summed E-state index contributed by atoms with van der Waals surface area (Å²) in [7, 11) is -3.53. The van der Waals surface area contributed by atoms with E-state index in [1.807, 2.05) is 41.1 Å². The zero-order chi connectivity index (χ0) is 16.9. The van der Waals surface area contributed by atoms with Crippen LogP contribution in [0.5, 0.6) is 0 Å². The highest BCUT2D eigenvalue weighted by molar-refractivity contribution is 7.89. The van der Waals surface area contributed by atoms with Crippen molar-refractivity contribution in [2.45, 2.75) is 19.4 Å². The molecule has 2 rings (SSSR count). The molecular formula is C16H18N2O4S. The number of hydrogen-bond donors (Lipinski definition) is 1. The van der Waals surface area contributed by atoms with Gasteiger partial charge in [-0.25, -0.2) is 8.42 Å². The van der Waals surface area contributed by atoms with E-state index in [1.54, 1.807) is 12.3 Å². The quantitative estimate of drug-likeness (QED) is 0.864. The highest BCUT2D eigenvalue weighted by Gasteiger charge is 2.08. The predicted octanol–water partition coefficient (Wildman–Crippen LogP) is 1.37. The Bertz CT molecular complexity index is 842. The molecule has 0 bridgehead atoms. The summed E-state index contributed by atoms with van der Waals surface area (Å²) in [6.07, 6.45) is 3.03. The average Bonchev–Trinajstić information content (AvgIpc) is 2.48. The molecule has 122 valence electrons. The Kier molecular flexibility index (Phi) is 5.33. The minimum absolute atomic E-state index is 0.0416. The molecule has 0 unspecified atom stereocenters. The van der Waals surface area contributed by atoms with Crippen LogP contribution in [-0.4, -0.2) is 25.1 Å². The molecule has 1 aromatic heterocycles. The molecule has 0 aliphatic heterocycles. The van der Waals surface area contributed by atoms with Gasteiger partial charge in [0.1, 0.15) is 0 Å². The first kappa shape index (κ1) is 17.0. The van der Waals surface area contributed by atoms with Crippen LogP contribution in [-0.2, 0) is 21.4 Å². The molecule has 0 spiro atoms. The van der Waals surface area contributed by atoms with Crippen molar-refractivity contribution in [3.63, 3.8) is 0 Å². The SMILES string of the molecule is CS(=O)(=O)NC(=O)CCCn1ccc(-c2ccccc2)cc1=O. The molecule has 1 heterocycles. The highest BCUT2D eigenvalue weighted by Crippen LogP contribution is 2.16. The minimum atomic E-state index is -3.53. The Morgan fingerprint density at radius 3 is 2.43 bits per heavy atom. The van der Waals surface area contributed by atoms with Crippen LogP contribution in [0.2, 0.25) is 0 Å². The molecule has 0 aliphatic rings. The maximum atomic E-state index is 12.1. The van der Waals surface area contributed by atoms with Gasteiger partial charge >= 0.3 is 0 Å². The lowest BCUT2D eigenvalue weighted by Crippen LogP contribution is -2.29. The van der Waals surface area contributed by atoms with Gasteiger partial charge in [0, 0.05) is 25.2 Å². The molecule has 1 N–H and O–H groups in total. The van der Waals surface area contributed by atoms with E-state index in [9.17, 15) is 18.0 Å². The number of rotatable bonds is 6. The summed E-state index contributed by atoms with van der Waals surface area (Å²) in [6, 6.07) is 13.0. The monoisotopic (exact) mass is 334 g/mol. The molecule has 1 aromatic carbocycles. The third-order valence-corrected chi connectivity index (χ3v) is 3.80. The van der Waals surface area contributed by atoms with Crippen molar-refractivity contribution in [3.8, 4) is 11.1 Å². The summed E-state index contributed by atoms with van der Waals surface area (Å²) >= 11 is 0. The fourth-order valence-electron chi connectivity index (χ4n) is 2.17. The zero-order valence-corrected chi connectivity index (χ0v) is 13.5. The summed E-state index contributed by atoms with van der Waals surface area (Å²) in [5.74, 6) is -0.568. The van der Waals surface area contributed by atoms with E-state index in [1.165, 1.54) is 4.57 Å². The first-order valence-corrected chi connectivity index (χ1v) is 9.01. The van der Waals surface area contributed by atoms with Crippen LogP contribution in [0.15, 0.2) is 53.5 Å². The van der Waals surface area contributed by atoms with Gasteiger partial charge < -0.3 is 4.57 Å². The van der Waals surface area contributed by atoms with Crippen LogP contribution in [0.25, 0.3) is 11.1 Å². The van der Waals surface area contributed by atoms with Gasteiger partial charge in [0.05, 0.1) is 6.26 Å². The van der Waals surface area contributed by atoms with Crippen LogP contribution in [0.3, 0.4) is 0 Å². The summed E-state index contributed by atoms with van der Waals surface area (Å²) in [4.78, 5) is 23.5. The van der Waals surface area contributed by atoms with E-state index in [2.05, 4.69) is 0 Å². The van der Waals surface area contributed by atoms with Crippen molar-refractivity contribution >= 4 is 15.9 Å². The molecule has 1 amide bonds. The molecule has 0 saturated heterocycles. The van der Waals surface area contributed by atoms with Crippen LogP contribution >= 0.6 is 0 Å². The Balaban J connectivity index is 1.97. The van der Waals surface area contributed by atoms with E-state index in [-0.39, 0.29) is 12.0 Å². The second-order valence-corrected chi connectivity index (χ2v) is 6.96. The van der Waals surface area contributed by atoms with Crippen LogP contribution < -0.4 is 10.3 Å². The minimum Gasteiger partial charge on any atom is -0.315 e. The number of carbonyl (C=O) groups is 1. The van der Waals surface area contributed by atoms with E-state index < -0.39 is 15.9 Å². The Hall–Kier alpha value is -2.41. The van der Waals surface area contributed by atoms with Gasteiger partial charge in [0.25, 0.3) is 5.56 Å². The van der Waals surface area contributed by atoms with E-state index in [0.29, 0.717) is 13.0 Å². The zero-order valence-electron chi connectivity index (χ0n) is 12.7. The van der Waals surface area contributed by atoms with Gasteiger partial charge in [-0.1, -0.05) is 30.3 Å². The van der Waals surface area contributed by atoms with Crippen molar-refractivity contribution in [1.29, 1.82) is 0 Å². The van der Waals surface area contributed by atoms with Gasteiger partial charge in [-0.05, 0) is 23.6 Å². The second-order valence-electron chi connectivity index (χ2n) is 5.21. The highest BCUT2D eigenvalue weighted by atomic mass is 32.2. The third-order valence-electron chi connectivity index (χ3n) is 3.21. The Morgan fingerprint density at radius 1 is 1.13 bits per heavy atom. The van der Waals surface area contributed by atoms with Gasteiger partial charge in [0.15, 0.2) is 0 Å². The predicted molar refractivity (Wildman–Crippen MR) is 88.4 cm³/mol. The van der Waals surface area contributed by atoms with Crippen molar-refractivity contribution in [3.05, 3.63) is 59.0 Å². The van der Waals surface area contributed by atoms with E-state index in [0.717, 1.165) is 17.4 Å². The Morgan fingerprint density at radius 2 is 1.83 bits per heavy atom. The number of nitrogens with one attached hydrogen (secondary N) is 1. The van der Waals surface area contributed by atoms with Crippen molar-refractivity contribution in [2.24, 2.45) is 0 Å². The third kappa shape index (κ3) is 5.37. The van der Waals surface area contributed by atoms with Gasteiger partial charge in [-0.3, -0.25) is 14.3 Å². The molecule has 0 saturated carbocycles. The second kappa shape index (κ2) is 7.23. The number of hydrogen-bond acceptors (Lipinski definition) is 4. The van der Waals surface area contributed by atoms with Gasteiger partial charge in [0.2, 0.25) is 15.9 Å². The smallest absolute Gasteiger partial charge is 0.251 e. The lowest BCUT2D eigenvalue weighted by molar-refractivity contribution is -0.119. The molecule has 0 radical (unpaired) electrons. The number of benzene rings is 1. The normalized spacial score (nSPS) is 11.2. The summed E-state index contributed by atoms with van der Waals surface area (Å²) in [5.41, 5.74) is 1.64. The largest absolute Gasteiger partial charge is 0.315 e. The van der Waals surface area contributed by atoms with Gasteiger partial charge in [-0.15, -0.1) is 0 Å². The molecule has 0 aliphatic carbocycles. The maximum Gasteiger partial charge on any atom is 0.251 e. The summed E-state index contributed by atoms with van der Waals surface area (Å²) in [5, 5.41) is 0. The van der Waals surface area contributed by atoms with Crippen LogP contribution in [0.1, 0.15) is 12.8 Å². The lowest BCUT2D eigenvalue weighted by atomic mass is 10.1. The molecule has 6 nitrogen and oxygen atoms in total. The molecule has 7 heteroatoms. The summed E-state index contributed by atoms with van der Waals surface area (Å²) in [6.45, 7) is 0.352. The van der Waals surface area contributed by atoms with Gasteiger partial charge in [-0.2, -0.15) is 0 Å². The number of aryl methyl sites for hydroxylation is 1. The lowest BCUT2D eigenvalue weighted by Gasteiger charge is -2.07. The first-order chi connectivity index (χ1) is 10.8. The van der Waals surface area contributed by atoms with E-state index in [4.69, 9.17) is 0 Å². The number of carbonyl (C=O) groups excluding carboxylic acids is 1. The van der Waals surface area contributed by atoms with Crippen molar-refractivity contribution in [2.75, 3.05) is 6.26 Å². The number of amides is 1. The van der Waals surface area contributed by atoms with Crippen molar-refractivity contribution in [1.82, 2.24) is 9.29 Å². The number of nitrogens with zero attached hydrogens (tertiary/aromatic N) is 1. The number of pyridine rings is 1. The standard InChI is InChI=1S/C16H18N2O4S/c1-23(21,22)17-15(19)8-5-10-18-11-9-14(12-16(18)20)13-6-3-2-4-7-13/h2-4,6-7,9,11-12H,5,8,10H2,1H3,(H,17,19). The molecule has 0 atom stereocenters. The fourth-order valence-corrected chi connectivity index (χ4v) is 2.69. The first-order valence-electron chi connectivity index (χ1n) is 7.12. The number of sulfonamides is 1. The Labute approximate surface area is 134 Å². The van der Waals surface area contributed by atoms with E-state index >= 15 is 0 Å². The molecule has 2 aromatic rings. The van der Waals surface area contributed by atoms with Crippen molar-refractivity contribution < 1.29 is 13.2 Å². The van der Waals surface area contributed by atoms with Crippen LogP contribution in [0, 0.1) is 0 Å². The average molecular weight is 334 g/mol. The maximum absolute atomic E-state index is 12.1. The fraction of sp³-hybridized carbons (Fsp3) is 0.250. The molecule has 23 heavy (non-hydrogen) atoms. The van der Waals surface area contributed by atoms with Crippen LogP contribution in [0.4, 0.5) is 0 Å². The summed E-state index contributed by atoms with van der Waals surface area (Å²) < 4.78 is 25.2.